The number of pyridine rings is 1. The van der Waals surface area contributed by atoms with E-state index in [-0.39, 0.29) is 11.7 Å². The van der Waals surface area contributed by atoms with Crippen molar-refractivity contribution in [2.24, 2.45) is 0 Å². The molecule has 2 heterocycles. The average molecular weight is 350 g/mol. The van der Waals surface area contributed by atoms with Gasteiger partial charge in [-0.15, -0.1) is 0 Å². The summed E-state index contributed by atoms with van der Waals surface area (Å²) in [5.74, 6) is -0.595. The molecular formula is C20H19FN4O. The molecule has 0 saturated heterocycles. The van der Waals surface area contributed by atoms with Crippen molar-refractivity contribution in [1.29, 1.82) is 0 Å². The van der Waals surface area contributed by atoms with Crippen LogP contribution in [0.25, 0.3) is 5.69 Å². The van der Waals surface area contributed by atoms with Crippen molar-refractivity contribution in [2.75, 3.05) is 0 Å². The molecule has 0 aliphatic heterocycles. The number of carbonyl (C=O) groups excluding carboxylic acids is 1. The Bertz CT molecular complexity index is 980. The number of halogens is 1. The fourth-order valence-electron chi connectivity index (χ4n) is 3.40. The Morgan fingerprint density at radius 1 is 1.19 bits per heavy atom. The average Bonchev–Trinajstić information content (AvgIpc) is 3.23. The molecular weight excluding hydrogens is 331 g/mol. The van der Waals surface area contributed by atoms with Gasteiger partial charge in [-0.05, 0) is 50.5 Å². The normalized spacial score (nSPS) is 12.8. The van der Waals surface area contributed by atoms with E-state index in [1.54, 1.807) is 22.9 Å². The van der Waals surface area contributed by atoms with E-state index in [1.165, 1.54) is 6.07 Å². The number of amides is 1. The largest absolute Gasteiger partial charge is 0.345 e. The lowest BCUT2D eigenvalue weighted by molar-refractivity contribution is 0.0944. The monoisotopic (exact) mass is 350 g/mol. The van der Waals surface area contributed by atoms with Gasteiger partial charge in [0.1, 0.15) is 11.5 Å². The van der Waals surface area contributed by atoms with Gasteiger partial charge in [0, 0.05) is 17.0 Å². The first kappa shape index (κ1) is 16.4. The van der Waals surface area contributed by atoms with Gasteiger partial charge in [-0.3, -0.25) is 9.78 Å². The molecule has 1 aliphatic carbocycles. The molecule has 1 N–H and O–H groups in total. The fourth-order valence-corrected chi connectivity index (χ4v) is 3.40. The van der Waals surface area contributed by atoms with E-state index in [0.717, 1.165) is 41.9 Å². The van der Waals surface area contributed by atoms with E-state index in [2.05, 4.69) is 15.4 Å². The van der Waals surface area contributed by atoms with Gasteiger partial charge in [-0.1, -0.05) is 18.2 Å². The fraction of sp³-hybridized carbons (Fsp3) is 0.250. The maximum atomic E-state index is 14.2. The van der Waals surface area contributed by atoms with Crippen LogP contribution in [0.1, 0.15) is 39.6 Å². The van der Waals surface area contributed by atoms with E-state index in [1.807, 2.05) is 25.1 Å². The summed E-state index contributed by atoms with van der Waals surface area (Å²) >= 11 is 0. The maximum absolute atomic E-state index is 14.2. The number of fused-ring (bicyclic) bond motifs is 1. The second-order valence-corrected chi connectivity index (χ2v) is 6.44. The van der Waals surface area contributed by atoms with E-state index in [0.29, 0.717) is 17.9 Å². The lowest BCUT2D eigenvalue weighted by Crippen LogP contribution is -2.25. The van der Waals surface area contributed by atoms with Crippen LogP contribution in [0.15, 0.2) is 42.5 Å². The number of hydrogen-bond donors (Lipinski definition) is 1. The molecule has 6 heteroatoms. The van der Waals surface area contributed by atoms with Crippen molar-refractivity contribution in [2.45, 2.75) is 32.7 Å². The minimum Gasteiger partial charge on any atom is -0.345 e. The van der Waals surface area contributed by atoms with E-state index in [9.17, 15) is 9.18 Å². The van der Waals surface area contributed by atoms with E-state index < -0.39 is 0 Å². The zero-order valence-corrected chi connectivity index (χ0v) is 14.5. The Hall–Kier alpha value is -3.02. The Kier molecular flexibility index (Phi) is 4.24. The predicted molar refractivity (Wildman–Crippen MR) is 95.7 cm³/mol. The molecule has 132 valence electrons. The van der Waals surface area contributed by atoms with Crippen molar-refractivity contribution in [1.82, 2.24) is 20.1 Å². The predicted octanol–water partition coefficient (Wildman–Crippen LogP) is 3.13. The highest BCUT2D eigenvalue weighted by molar-refractivity contribution is 5.94. The Morgan fingerprint density at radius 3 is 2.85 bits per heavy atom. The number of aromatic nitrogens is 3. The Morgan fingerprint density at radius 2 is 2.04 bits per heavy atom. The molecule has 0 fully saturated rings. The van der Waals surface area contributed by atoms with Crippen LogP contribution in [0.3, 0.4) is 0 Å². The number of carbonyl (C=O) groups is 1. The number of nitrogens with one attached hydrogen (secondary N) is 1. The van der Waals surface area contributed by atoms with Crippen LogP contribution in [0.2, 0.25) is 0 Å². The van der Waals surface area contributed by atoms with Gasteiger partial charge in [0.2, 0.25) is 0 Å². The molecule has 5 nitrogen and oxygen atoms in total. The summed E-state index contributed by atoms with van der Waals surface area (Å²) in [6.45, 7) is 2.25. The van der Waals surface area contributed by atoms with Gasteiger partial charge in [0.25, 0.3) is 5.91 Å². The minimum absolute atomic E-state index is 0.249. The highest BCUT2D eigenvalue weighted by Gasteiger charge is 2.27. The molecule has 0 unspecified atom stereocenters. The molecule has 0 spiro atoms. The summed E-state index contributed by atoms with van der Waals surface area (Å²) in [5, 5.41) is 7.32. The van der Waals surface area contributed by atoms with Gasteiger partial charge in [0.15, 0.2) is 5.69 Å². The van der Waals surface area contributed by atoms with Gasteiger partial charge in [-0.25, -0.2) is 9.07 Å². The van der Waals surface area contributed by atoms with Gasteiger partial charge < -0.3 is 5.32 Å². The van der Waals surface area contributed by atoms with Crippen LogP contribution in [0, 0.1) is 12.7 Å². The number of benzene rings is 1. The van der Waals surface area contributed by atoms with Crippen LogP contribution in [0.4, 0.5) is 4.39 Å². The van der Waals surface area contributed by atoms with Crippen molar-refractivity contribution < 1.29 is 9.18 Å². The third kappa shape index (κ3) is 2.98. The highest BCUT2D eigenvalue weighted by atomic mass is 19.1. The molecule has 0 radical (unpaired) electrons. The van der Waals surface area contributed by atoms with Crippen molar-refractivity contribution in [3.63, 3.8) is 0 Å². The highest BCUT2D eigenvalue weighted by Crippen LogP contribution is 2.28. The zero-order valence-electron chi connectivity index (χ0n) is 14.5. The topological polar surface area (TPSA) is 59.8 Å². The summed E-state index contributed by atoms with van der Waals surface area (Å²) in [5.41, 5.74) is 4.31. The third-order valence-corrected chi connectivity index (χ3v) is 4.60. The Balaban J connectivity index is 1.62. The van der Waals surface area contributed by atoms with Gasteiger partial charge in [0.05, 0.1) is 12.2 Å². The molecule has 26 heavy (non-hydrogen) atoms. The van der Waals surface area contributed by atoms with Crippen LogP contribution in [-0.4, -0.2) is 20.7 Å². The second-order valence-electron chi connectivity index (χ2n) is 6.44. The molecule has 1 amide bonds. The summed E-state index contributed by atoms with van der Waals surface area (Å²) in [4.78, 5) is 17.1. The molecule has 3 aromatic rings. The Labute approximate surface area is 150 Å². The number of para-hydroxylation sites is 1. The van der Waals surface area contributed by atoms with E-state index in [4.69, 9.17) is 0 Å². The molecule has 4 rings (SSSR count). The van der Waals surface area contributed by atoms with Crippen molar-refractivity contribution >= 4 is 5.91 Å². The smallest absolute Gasteiger partial charge is 0.272 e. The lowest BCUT2D eigenvalue weighted by Gasteiger charge is -2.06. The minimum atomic E-state index is -0.347. The molecule has 1 aromatic carbocycles. The van der Waals surface area contributed by atoms with Crippen LogP contribution in [0.5, 0.6) is 0 Å². The zero-order chi connectivity index (χ0) is 18.1. The second kappa shape index (κ2) is 6.71. The molecule has 1 aliphatic rings. The number of rotatable bonds is 4. The summed E-state index contributed by atoms with van der Waals surface area (Å²) < 4.78 is 15.8. The lowest BCUT2D eigenvalue weighted by atomic mass is 10.2. The first-order chi connectivity index (χ1) is 12.6. The number of hydrogen-bond acceptors (Lipinski definition) is 3. The summed E-state index contributed by atoms with van der Waals surface area (Å²) in [7, 11) is 0. The molecule has 2 aromatic heterocycles. The maximum Gasteiger partial charge on any atom is 0.272 e. The van der Waals surface area contributed by atoms with Crippen LogP contribution >= 0.6 is 0 Å². The first-order valence-electron chi connectivity index (χ1n) is 8.70. The number of nitrogens with zero attached hydrogens (tertiary/aromatic N) is 3. The quantitative estimate of drug-likeness (QED) is 0.786. The van der Waals surface area contributed by atoms with Crippen molar-refractivity contribution in [3.05, 3.63) is 76.6 Å². The molecule has 0 atom stereocenters. The van der Waals surface area contributed by atoms with Crippen molar-refractivity contribution in [3.8, 4) is 5.69 Å². The summed E-state index contributed by atoms with van der Waals surface area (Å²) in [6, 6.07) is 12.2. The SMILES string of the molecule is Cc1cccc(CNC(=O)c2nn(-c3ccccc3F)c3c2CCC3)n1. The third-order valence-electron chi connectivity index (χ3n) is 4.60. The van der Waals surface area contributed by atoms with Crippen LogP contribution < -0.4 is 5.32 Å². The first-order valence-corrected chi connectivity index (χ1v) is 8.70. The molecule has 0 saturated carbocycles. The summed E-state index contributed by atoms with van der Waals surface area (Å²) in [6.07, 6.45) is 2.53. The van der Waals surface area contributed by atoms with Gasteiger partial charge in [-0.2, -0.15) is 5.10 Å². The van der Waals surface area contributed by atoms with E-state index >= 15 is 0 Å². The molecule has 0 bridgehead atoms. The van der Waals surface area contributed by atoms with Crippen LogP contribution in [-0.2, 0) is 19.4 Å². The standard InChI is InChI=1S/C20H19FN4O/c1-13-6-4-7-14(23-13)12-22-20(26)19-15-8-5-11-17(15)25(24-19)18-10-3-2-9-16(18)21/h2-4,6-7,9-10H,5,8,11-12H2,1H3,(H,22,26). The number of aryl methyl sites for hydroxylation is 1. The van der Waals surface area contributed by atoms with Gasteiger partial charge >= 0.3 is 0 Å².